The molecule has 8 heavy (non-hydrogen) atoms. The van der Waals surface area contributed by atoms with Gasteiger partial charge in [-0.05, 0) is 0 Å². The molecule has 0 saturated heterocycles. The van der Waals surface area contributed by atoms with Crippen molar-refractivity contribution in [2.75, 3.05) is 13.2 Å². The highest BCUT2D eigenvalue weighted by atomic mass is 35.5. The fraction of sp³-hybridized carbons (Fsp3) is 0.400. The Bertz CT molecular complexity index is 92.4. The Morgan fingerprint density at radius 2 is 2.50 bits per heavy atom. The average molecular weight is 134 g/mol. The summed E-state index contributed by atoms with van der Waals surface area (Å²) in [4.78, 5) is 0. The maximum Gasteiger partial charge on any atom is 0.123 e. The van der Waals surface area contributed by atoms with Gasteiger partial charge in [-0.3, -0.25) is 5.41 Å². The van der Waals surface area contributed by atoms with Crippen LogP contribution in [-0.2, 0) is 4.74 Å². The Kier molecular flexibility index (Phi) is 4.61. The minimum Gasteiger partial charge on any atom is -0.370 e. The number of hydrogen-bond acceptors (Lipinski definition) is 2. The summed E-state index contributed by atoms with van der Waals surface area (Å²) < 4.78 is 4.77. The standard InChI is InChI=1S/C5H8ClNO/c1-2-3-8-4-5(6)7/h2,7H,1,3-4H2. The summed E-state index contributed by atoms with van der Waals surface area (Å²) in [6.45, 7) is 4.06. The molecule has 0 aromatic heterocycles. The van der Waals surface area contributed by atoms with E-state index in [1.807, 2.05) is 0 Å². The lowest BCUT2D eigenvalue weighted by Gasteiger charge is -1.93. The summed E-state index contributed by atoms with van der Waals surface area (Å²) in [5.74, 6) is 0. The van der Waals surface area contributed by atoms with Crippen LogP contribution in [0.2, 0.25) is 0 Å². The van der Waals surface area contributed by atoms with Gasteiger partial charge < -0.3 is 4.74 Å². The van der Waals surface area contributed by atoms with E-state index in [1.54, 1.807) is 6.08 Å². The van der Waals surface area contributed by atoms with Crippen LogP contribution in [0, 0.1) is 5.41 Å². The molecule has 0 atom stereocenters. The van der Waals surface area contributed by atoms with Crippen LogP contribution in [-0.4, -0.2) is 18.4 Å². The molecular formula is C5H8ClNO. The Balaban J connectivity index is 2.93. The molecule has 0 saturated carbocycles. The molecule has 0 radical (unpaired) electrons. The first-order valence-corrected chi connectivity index (χ1v) is 2.56. The van der Waals surface area contributed by atoms with E-state index in [0.717, 1.165) is 0 Å². The molecule has 0 aliphatic heterocycles. The minimum absolute atomic E-state index is 0.0202. The van der Waals surface area contributed by atoms with Crippen LogP contribution in [0.15, 0.2) is 12.7 Å². The zero-order chi connectivity index (χ0) is 6.41. The fourth-order valence-electron chi connectivity index (χ4n) is 0.232. The number of halogens is 1. The summed E-state index contributed by atoms with van der Waals surface area (Å²) in [7, 11) is 0. The predicted octanol–water partition coefficient (Wildman–Crippen LogP) is 1.41. The van der Waals surface area contributed by atoms with E-state index >= 15 is 0 Å². The molecule has 2 nitrogen and oxygen atoms in total. The average Bonchev–Trinajstić information content (AvgIpc) is 1.66. The molecule has 3 heteroatoms. The molecule has 0 bridgehead atoms. The van der Waals surface area contributed by atoms with Gasteiger partial charge in [-0.25, -0.2) is 0 Å². The monoisotopic (exact) mass is 133 g/mol. The first-order valence-electron chi connectivity index (χ1n) is 2.19. The van der Waals surface area contributed by atoms with Gasteiger partial charge in [0.1, 0.15) is 5.17 Å². The van der Waals surface area contributed by atoms with E-state index in [-0.39, 0.29) is 11.8 Å². The summed E-state index contributed by atoms with van der Waals surface area (Å²) in [6.07, 6.45) is 1.61. The van der Waals surface area contributed by atoms with Crippen LogP contribution in [0.25, 0.3) is 0 Å². The van der Waals surface area contributed by atoms with Crippen LogP contribution in [0.5, 0.6) is 0 Å². The maximum absolute atomic E-state index is 6.68. The number of nitrogens with one attached hydrogen (secondary N) is 1. The van der Waals surface area contributed by atoms with Crippen molar-refractivity contribution in [1.82, 2.24) is 0 Å². The highest BCUT2D eigenvalue weighted by Crippen LogP contribution is 1.81. The molecule has 0 heterocycles. The Hall–Kier alpha value is -0.340. The molecule has 0 amide bonds. The van der Waals surface area contributed by atoms with E-state index < -0.39 is 0 Å². The number of hydrogen-bond donors (Lipinski definition) is 1. The van der Waals surface area contributed by atoms with Gasteiger partial charge in [-0.1, -0.05) is 17.7 Å². The van der Waals surface area contributed by atoms with Gasteiger partial charge >= 0.3 is 0 Å². The van der Waals surface area contributed by atoms with Crippen LogP contribution >= 0.6 is 11.6 Å². The summed E-state index contributed by atoms with van der Waals surface area (Å²) in [6, 6.07) is 0. The predicted molar refractivity (Wildman–Crippen MR) is 34.6 cm³/mol. The zero-order valence-electron chi connectivity index (χ0n) is 4.48. The van der Waals surface area contributed by atoms with E-state index in [0.29, 0.717) is 6.61 Å². The van der Waals surface area contributed by atoms with Crippen molar-refractivity contribution in [2.45, 2.75) is 0 Å². The first-order chi connectivity index (χ1) is 3.77. The normalized spacial score (nSPS) is 8.62. The lowest BCUT2D eigenvalue weighted by Crippen LogP contribution is -1.99. The van der Waals surface area contributed by atoms with Crippen LogP contribution in [0.3, 0.4) is 0 Å². The summed E-state index contributed by atoms with van der Waals surface area (Å²) in [5, 5.41) is 6.70. The van der Waals surface area contributed by atoms with E-state index in [2.05, 4.69) is 6.58 Å². The van der Waals surface area contributed by atoms with Gasteiger partial charge in [0.15, 0.2) is 0 Å². The summed E-state index contributed by atoms with van der Waals surface area (Å²) >= 11 is 5.14. The smallest absolute Gasteiger partial charge is 0.123 e. The maximum atomic E-state index is 6.68. The van der Waals surface area contributed by atoms with E-state index in [9.17, 15) is 0 Å². The molecule has 0 unspecified atom stereocenters. The fourth-order valence-corrected chi connectivity index (χ4v) is 0.309. The summed E-state index contributed by atoms with van der Waals surface area (Å²) in [5.41, 5.74) is 0. The molecule has 0 aliphatic carbocycles. The van der Waals surface area contributed by atoms with Gasteiger partial charge in [0.2, 0.25) is 0 Å². The van der Waals surface area contributed by atoms with E-state index in [4.69, 9.17) is 21.7 Å². The minimum atomic E-state index is 0.0202. The van der Waals surface area contributed by atoms with Crippen LogP contribution in [0.1, 0.15) is 0 Å². The Labute approximate surface area is 53.6 Å². The molecule has 0 aromatic carbocycles. The largest absolute Gasteiger partial charge is 0.370 e. The number of ether oxygens (including phenoxy) is 1. The van der Waals surface area contributed by atoms with Gasteiger partial charge in [-0.15, -0.1) is 6.58 Å². The van der Waals surface area contributed by atoms with Gasteiger partial charge in [0, 0.05) is 0 Å². The zero-order valence-corrected chi connectivity index (χ0v) is 5.24. The van der Waals surface area contributed by atoms with E-state index in [1.165, 1.54) is 0 Å². The van der Waals surface area contributed by atoms with Crippen LogP contribution < -0.4 is 0 Å². The molecule has 0 spiro atoms. The van der Waals surface area contributed by atoms with Crippen molar-refractivity contribution in [3.8, 4) is 0 Å². The lowest BCUT2D eigenvalue weighted by molar-refractivity contribution is 0.205. The third-order valence-electron chi connectivity index (χ3n) is 0.464. The first kappa shape index (κ1) is 7.66. The Morgan fingerprint density at radius 3 is 2.88 bits per heavy atom. The number of rotatable bonds is 4. The van der Waals surface area contributed by atoms with Crippen molar-refractivity contribution >= 4 is 16.8 Å². The molecule has 0 aliphatic rings. The van der Waals surface area contributed by atoms with Crippen molar-refractivity contribution < 1.29 is 4.74 Å². The van der Waals surface area contributed by atoms with Crippen molar-refractivity contribution in [2.24, 2.45) is 0 Å². The second-order valence-corrected chi connectivity index (χ2v) is 1.66. The lowest BCUT2D eigenvalue weighted by atomic mass is 10.7. The molecule has 1 N–H and O–H groups in total. The van der Waals surface area contributed by atoms with Crippen LogP contribution in [0.4, 0.5) is 0 Å². The third kappa shape index (κ3) is 5.66. The third-order valence-corrected chi connectivity index (χ3v) is 0.574. The van der Waals surface area contributed by atoms with Gasteiger partial charge in [0.25, 0.3) is 0 Å². The molecule has 0 aromatic rings. The molecule has 0 fully saturated rings. The second-order valence-electron chi connectivity index (χ2n) is 1.21. The quantitative estimate of drug-likeness (QED) is 0.351. The molecular weight excluding hydrogens is 126 g/mol. The molecule has 0 rings (SSSR count). The highest BCUT2D eigenvalue weighted by molar-refractivity contribution is 6.64. The van der Waals surface area contributed by atoms with Crippen molar-refractivity contribution in [3.63, 3.8) is 0 Å². The second kappa shape index (κ2) is 4.81. The molecule has 46 valence electrons. The van der Waals surface area contributed by atoms with Gasteiger partial charge in [0.05, 0.1) is 13.2 Å². The van der Waals surface area contributed by atoms with Gasteiger partial charge in [-0.2, -0.15) is 0 Å². The topological polar surface area (TPSA) is 33.1 Å². The van der Waals surface area contributed by atoms with Crippen molar-refractivity contribution in [3.05, 3.63) is 12.7 Å². The Morgan fingerprint density at radius 1 is 1.88 bits per heavy atom. The SMILES string of the molecule is C=CCOCC(=N)Cl. The highest BCUT2D eigenvalue weighted by Gasteiger charge is 1.86. The van der Waals surface area contributed by atoms with Crippen molar-refractivity contribution in [1.29, 1.82) is 5.41 Å².